The van der Waals surface area contributed by atoms with Crippen molar-refractivity contribution in [1.29, 1.82) is 0 Å². The van der Waals surface area contributed by atoms with Crippen LogP contribution < -0.4 is 0 Å². The number of halogens is 1. The molecule has 1 atom stereocenters. The molecule has 0 bridgehead atoms. The molecule has 0 aliphatic rings. The van der Waals surface area contributed by atoms with Crippen LogP contribution in [-0.4, -0.2) is 22.6 Å². The number of esters is 2. The predicted octanol–water partition coefficient (Wildman–Crippen LogP) is 3.34. The molecule has 0 aromatic carbocycles. The Balaban J connectivity index is 4.54. The molecule has 1 unspecified atom stereocenters. The smallest absolute Gasteiger partial charge is 0.336 e. The number of ether oxygens (including phenoxy) is 2. The van der Waals surface area contributed by atoms with Gasteiger partial charge in [0.25, 0.3) is 0 Å². The molecule has 0 radical (unpaired) electrons. The third-order valence-corrected chi connectivity index (χ3v) is 2.43. The average molecular weight is 321 g/mol. The Hall–Kier alpha value is -0.840. The summed E-state index contributed by atoms with van der Waals surface area (Å²) < 4.78 is 9.45. The van der Waals surface area contributed by atoms with Crippen LogP contribution in [0.25, 0.3) is 0 Å². The first-order valence-electron chi connectivity index (χ1n) is 5.95. The normalized spacial score (nSPS) is 12.7. The van der Waals surface area contributed by atoms with Gasteiger partial charge < -0.3 is 9.47 Å². The van der Waals surface area contributed by atoms with Crippen molar-refractivity contribution in [3.8, 4) is 0 Å². The van der Waals surface area contributed by atoms with Gasteiger partial charge in [-0.15, -0.1) is 0 Å². The monoisotopic (exact) mass is 320 g/mol. The highest BCUT2D eigenvalue weighted by Gasteiger charge is 2.29. The highest BCUT2D eigenvalue weighted by Crippen LogP contribution is 2.20. The molecule has 0 heterocycles. The Morgan fingerprint density at radius 2 is 1.89 bits per heavy atom. The molecule has 0 rings (SSSR count). The van der Waals surface area contributed by atoms with Gasteiger partial charge in [-0.05, 0) is 27.2 Å². The highest BCUT2D eigenvalue weighted by molar-refractivity contribution is 9.10. The fourth-order valence-electron chi connectivity index (χ4n) is 0.992. The number of carbonyl (C=O) groups is 2. The Bertz CT molecular complexity index is 317. The van der Waals surface area contributed by atoms with Crippen molar-refractivity contribution in [1.82, 2.24) is 0 Å². The zero-order chi connectivity index (χ0) is 14.3. The summed E-state index contributed by atoms with van der Waals surface area (Å²) in [6.07, 6.45) is 1.38. The summed E-state index contributed by atoms with van der Waals surface area (Å²) in [5, 5.41) is 0. The van der Waals surface area contributed by atoms with Gasteiger partial charge >= 0.3 is 11.9 Å². The van der Waals surface area contributed by atoms with Crippen molar-refractivity contribution in [3.63, 3.8) is 0 Å². The molecule has 4 nitrogen and oxygen atoms in total. The van der Waals surface area contributed by atoms with Gasteiger partial charge in [0.1, 0.15) is 4.32 Å². The molecule has 0 fully saturated rings. The molecule has 0 N–H and O–H groups in total. The summed E-state index contributed by atoms with van der Waals surface area (Å²) in [6, 6.07) is 0. The van der Waals surface area contributed by atoms with Gasteiger partial charge in [-0.3, -0.25) is 4.79 Å². The molecular formula is C13H21BrO4. The van der Waals surface area contributed by atoms with Crippen LogP contribution >= 0.6 is 15.9 Å². The van der Waals surface area contributed by atoms with Crippen LogP contribution in [-0.2, 0) is 19.1 Å². The lowest BCUT2D eigenvalue weighted by molar-refractivity contribution is -0.187. The van der Waals surface area contributed by atoms with Crippen molar-refractivity contribution in [2.45, 2.75) is 57.6 Å². The fourth-order valence-corrected chi connectivity index (χ4v) is 1.09. The lowest BCUT2D eigenvalue weighted by Crippen LogP contribution is -2.33. The summed E-state index contributed by atoms with van der Waals surface area (Å²) in [7, 11) is 0. The molecule has 104 valence electrons. The number of carbonyl (C=O) groups excluding carboxylic acids is 2. The van der Waals surface area contributed by atoms with Crippen LogP contribution in [0.15, 0.2) is 12.2 Å². The maximum atomic E-state index is 11.7. The van der Waals surface area contributed by atoms with Crippen LogP contribution in [0, 0.1) is 0 Å². The summed E-state index contributed by atoms with van der Waals surface area (Å²) in [6.45, 7) is 10.4. The number of hydrogen-bond donors (Lipinski definition) is 0. The Labute approximate surface area is 117 Å². The maximum absolute atomic E-state index is 11.7. The summed E-state index contributed by atoms with van der Waals surface area (Å²) in [4.78, 5) is 23.1. The van der Waals surface area contributed by atoms with Crippen molar-refractivity contribution in [2.24, 2.45) is 0 Å². The van der Waals surface area contributed by atoms with E-state index < -0.39 is 22.6 Å². The van der Waals surface area contributed by atoms with Crippen LogP contribution in [0.1, 0.15) is 47.0 Å². The highest BCUT2D eigenvalue weighted by atomic mass is 79.9. The number of hydrogen-bond acceptors (Lipinski definition) is 4. The summed E-state index contributed by atoms with van der Waals surface area (Å²) in [5.74, 6) is -1.01. The molecule has 0 aliphatic heterocycles. The second kappa shape index (κ2) is 7.56. The van der Waals surface area contributed by atoms with Gasteiger partial charge in [0.05, 0.1) is 0 Å². The van der Waals surface area contributed by atoms with Crippen molar-refractivity contribution in [2.75, 3.05) is 0 Å². The maximum Gasteiger partial charge on any atom is 0.336 e. The van der Waals surface area contributed by atoms with Crippen molar-refractivity contribution in [3.05, 3.63) is 12.2 Å². The van der Waals surface area contributed by atoms with E-state index in [0.29, 0.717) is 6.42 Å². The van der Waals surface area contributed by atoms with E-state index in [-0.39, 0.29) is 5.57 Å². The molecule has 18 heavy (non-hydrogen) atoms. The third kappa shape index (κ3) is 6.79. The first-order valence-corrected chi connectivity index (χ1v) is 6.74. The fraction of sp³-hybridized carbons (Fsp3) is 0.692. The molecule has 5 heteroatoms. The molecule has 0 saturated heterocycles. The zero-order valence-electron chi connectivity index (χ0n) is 11.4. The largest absolute Gasteiger partial charge is 0.424 e. The van der Waals surface area contributed by atoms with Crippen LogP contribution in [0.3, 0.4) is 0 Å². The zero-order valence-corrected chi connectivity index (χ0v) is 13.0. The molecule has 0 spiro atoms. The second-order valence-corrected chi connectivity index (χ2v) is 6.62. The lowest BCUT2D eigenvalue weighted by Gasteiger charge is -2.22. The van der Waals surface area contributed by atoms with Crippen molar-refractivity contribution < 1.29 is 19.1 Å². The molecule has 0 amide bonds. The quantitative estimate of drug-likeness (QED) is 0.312. The Morgan fingerprint density at radius 3 is 2.28 bits per heavy atom. The van der Waals surface area contributed by atoms with E-state index >= 15 is 0 Å². The van der Waals surface area contributed by atoms with E-state index in [1.54, 1.807) is 20.8 Å². The molecule has 0 saturated carbocycles. The second-order valence-electron chi connectivity index (χ2n) is 4.64. The Kier molecular flexibility index (Phi) is 7.21. The van der Waals surface area contributed by atoms with E-state index in [1.807, 2.05) is 6.92 Å². The standard InChI is InChI=1S/C13H21BrO4/c1-6-7-8-10(17-11(15)9(2)3)18-12(16)13(4,5)14/h10H,2,6-8H2,1,3-5H3. The third-order valence-electron chi connectivity index (χ3n) is 2.10. The topological polar surface area (TPSA) is 52.6 Å². The first-order chi connectivity index (χ1) is 8.18. The van der Waals surface area contributed by atoms with Gasteiger partial charge in [-0.2, -0.15) is 0 Å². The predicted molar refractivity (Wildman–Crippen MR) is 73.3 cm³/mol. The molecule has 0 aromatic rings. The number of rotatable bonds is 7. The van der Waals surface area contributed by atoms with Gasteiger partial charge in [0.15, 0.2) is 0 Å². The van der Waals surface area contributed by atoms with Gasteiger partial charge in [-0.25, -0.2) is 4.79 Å². The van der Waals surface area contributed by atoms with E-state index in [2.05, 4.69) is 22.5 Å². The van der Waals surface area contributed by atoms with Gasteiger partial charge in [0, 0.05) is 12.0 Å². The van der Waals surface area contributed by atoms with Gasteiger partial charge in [0.2, 0.25) is 6.29 Å². The number of alkyl halides is 1. The lowest BCUT2D eigenvalue weighted by atomic mass is 10.2. The first kappa shape index (κ1) is 17.2. The van der Waals surface area contributed by atoms with Crippen LogP contribution in [0.2, 0.25) is 0 Å². The van der Waals surface area contributed by atoms with E-state index in [0.717, 1.165) is 12.8 Å². The van der Waals surface area contributed by atoms with Gasteiger partial charge in [-0.1, -0.05) is 35.9 Å². The molecule has 0 aromatic heterocycles. The number of unbranched alkanes of at least 4 members (excludes halogenated alkanes) is 1. The van der Waals surface area contributed by atoms with Crippen LogP contribution in [0.5, 0.6) is 0 Å². The van der Waals surface area contributed by atoms with E-state index in [9.17, 15) is 9.59 Å². The minimum absolute atomic E-state index is 0.283. The SMILES string of the molecule is C=C(C)C(=O)OC(CCCC)OC(=O)C(C)(C)Br. The van der Waals surface area contributed by atoms with E-state index in [1.165, 1.54) is 0 Å². The summed E-state index contributed by atoms with van der Waals surface area (Å²) >= 11 is 3.20. The summed E-state index contributed by atoms with van der Waals surface area (Å²) in [5.41, 5.74) is 0.283. The minimum Gasteiger partial charge on any atom is -0.424 e. The van der Waals surface area contributed by atoms with E-state index in [4.69, 9.17) is 9.47 Å². The van der Waals surface area contributed by atoms with Crippen molar-refractivity contribution >= 4 is 27.9 Å². The van der Waals surface area contributed by atoms with Crippen LogP contribution in [0.4, 0.5) is 0 Å². The Morgan fingerprint density at radius 1 is 1.33 bits per heavy atom. The average Bonchev–Trinajstić information content (AvgIpc) is 2.24. The molecule has 0 aliphatic carbocycles. The molecular weight excluding hydrogens is 300 g/mol. The minimum atomic E-state index is -0.849.